The van der Waals surface area contributed by atoms with Crippen molar-refractivity contribution in [2.45, 2.75) is 24.8 Å². The zero-order chi connectivity index (χ0) is 14.1. The Bertz CT molecular complexity index is 604. The number of aromatic nitrogens is 3. The molecule has 0 amide bonds. The lowest BCUT2D eigenvalue weighted by Crippen LogP contribution is -2.38. The predicted molar refractivity (Wildman–Crippen MR) is 81.9 cm³/mol. The third-order valence-electron chi connectivity index (χ3n) is 3.52. The lowest BCUT2D eigenvalue weighted by atomic mass is 10.2. The van der Waals surface area contributed by atoms with Crippen LogP contribution in [0, 0.1) is 0 Å². The van der Waals surface area contributed by atoms with Crippen molar-refractivity contribution in [3.05, 3.63) is 18.1 Å². The smallest absolute Gasteiger partial charge is 0.212 e. The highest BCUT2D eigenvalue weighted by molar-refractivity contribution is 7.98. The molecule has 0 N–H and O–H groups in total. The fraction of sp³-hybridized carbons (Fsp3) is 0.571. The van der Waals surface area contributed by atoms with Crippen molar-refractivity contribution in [1.29, 1.82) is 0 Å². The number of rotatable bonds is 3. The van der Waals surface area contributed by atoms with Gasteiger partial charge < -0.3 is 9.64 Å². The molecule has 0 saturated carbocycles. The van der Waals surface area contributed by atoms with Crippen LogP contribution in [0.15, 0.2) is 17.3 Å². The fourth-order valence-corrected chi connectivity index (χ4v) is 2.91. The van der Waals surface area contributed by atoms with E-state index in [1.54, 1.807) is 11.8 Å². The van der Waals surface area contributed by atoms with Crippen LogP contribution in [0.3, 0.4) is 0 Å². The highest BCUT2D eigenvalue weighted by Gasteiger charge is 2.20. The number of nitrogens with zero attached hydrogens (tertiary/aromatic N) is 4. The van der Waals surface area contributed by atoms with E-state index in [-0.39, 0.29) is 0 Å². The molecule has 20 heavy (non-hydrogen) atoms. The summed E-state index contributed by atoms with van der Waals surface area (Å²) in [4.78, 5) is 11.7. The third kappa shape index (κ3) is 2.38. The van der Waals surface area contributed by atoms with Gasteiger partial charge in [0.25, 0.3) is 0 Å². The van der Waals surface area contributed by atoms with Gasteiger partial charge in [0.2, 0.25) is 5.95 Å². The van der Waals surface area contributed by atoms with E-state index in [4.69, 9.17) is 9.72 Å². The Balaban J connectivity index is 2.17. The first-order chi connectivity index (χ1) is 9.70. The van der Waals surface area contributed by atoms with Crippen molar-refractivity contribution in [2.75, 3.05) is 37.5 Å². The SMILES string of the molecule is CSc1cc2cnc(C(C)C)n2c(N2CCOCC2)n1. The van der Waals surface area contributed by atoms with Crippen molar-refractivity contribution in [3.8, 4) is 0 Å². The highest BCUT2D eigenvalue weighted by atomic mass is 32.2. The van der Waals surface area contributed by atoms with Gasteiger partial charge >= 0.3 is 0 Å². The predicted octanol–water partition coefficient (Wildman–Crippen LogP) is 2.41. The van der Waals surface area contributed by atoms with Gasteiger partial charge in [-0.3, -0.25) is 4.40 Å². The maximum atomic E-state index is 5.45. The van der Waals surface area contributed by atoms with E-state index in [0.717, 1.165) is 48.6 Å². The van der Waals surface area contributed by atoms with Crippen molar-refractivity contribution >= 4 is 23.2 Å². The minimum atomic E-state index is 0.374. The minimum absolute atomic E-state index is 0.374. The van der Waals surface area contributed by atoms with Crippen LogP contribution in [-0.4, -0.2) is 46.9 Å². The van der Waals surface area contributed by atoms with Crippen LogP contribution in [0.1, 0.15) is 25.6 Å². The summed E-state index contributed by atoms with van der Waals surface area (Å²) < 4.78 is 7.64. The van der Waals surface area contributed by atoms with Gasteiger partial charge in [-0.05, 0) is 12.3 Å². The summed E-state index contributed by atoms with van der Waals surface area (Å²) in [5, 5.41) is 1.04. The summed E-state index contributed by atoms with van der Waals surface area (Å²) in [6.45, 7) is 7.63. The monoisotopic (exact) mass is 292 g/mol. The Hall–Kier alpha value is -1.27. The van der Waals surface area contributed by atoms with E-state index in [1.807, 2.05) is 6.20 Å². The van der Waals surface area contributed by atoms with E-state index >= 15 is 0 Å². The summed E-state index contributed by atoms with van der Waals surface area (Å²) in [5.74, 6) is 2.44. The molecule has 1 fully saturated rings. The Morgan fingerprint density at radius 3 is 2.70 bits per heavy atom. The normalized spacial score (nSPS) is 16.3. The first-order valence-electron chi connectivity index (χ1n) is 6.96. The first kappa shape index (κ1) is 13.7. The summed E-state index contributed by atoms with van der Waals surface area (Å²) >= 11 is 1.67. The van der Waals surface area contributed by atoms with Crippen LogP contribution in [0.2, 0.25) is 0 Å². The number of hydrogen-bond acceptors (Lipinski definition) is 5. The molecule has 1 aliphatic heterocycles. The molecule has 0 aromatic carbocycles. The third-order valence-corrected chi connectivity index (χ3v) is 4.14. The first-order valence-corrected chi connectivity index (χ1v) is 8.18. The van der Waals surface area contributed by atoms with Crippen molar-refractivity contribution in [2.24, 2.45) is 0 Å². The molecule has 2 aromatic heterocycles. The fourth-order valence-electron chi connectivity index (χ4n) is 2.49. The molecule has 0 radical (unpaired) electrons. The molecule has 1 aliphatic rings. The summed E-state index contributed by atoms with van der Waals surface area (Å²) in [6.07, 6.45) is 4.00. The van der Waals surface area contributed by atoms with E-state index in [0.29, 0.717) is 5.92 Å². The van der Waals surface area contributed by atoms with Crippen LogP contribution < -0.4 is 4.90 Å². The Labute approximate surface area is 123 Å². The molecule has 5 nitrogen and oxygen atoms in total. The maximum absolute atomic E-state index is 5.45. The van der Waals surface area contributed by atoms with Gasteiger partial charge in [0.05, 0.1) is 24.9 Å². The van der Waals surface area contributed by atoms with Gasteiger partial charge in [0.15, 0.2) is 0 Å². The lowest BCUT2D eigenvalue weighted by molar-refractivity contribution is 0.122. The summed E-state index contributed by atoms with van der Waals surface area (Å²) in [5.41, 5.74) is 1.12. The molecule has 0 unspecified atom stereocenters. The molecule has 3 rings (SSSR count). The quantitative estimate of drug-likeness (QED) is 0.642. The Morgan fingerprint density at radius 2 is 2.05 bits per heavy atom. The van der Waals surface area contributed by atoms with Crippen LogP contribution in [0.5, 0.6) is 0 Å². The molecular formula is C14H20N4OS. The second kappa shape index (κ2) is 5.61. The molecule has 108 valence electrons. The maximum Gasteiger partial charge on any atom is 0.212 e. The Kier molecular flexibility index (Phi) is 3.85. The molecule has 0 aliphatic carbocycles. The average molecular weight is 292 g/mol. The largest absolute Gasteiger partial charge is 0.378 e. The number of hydrogen-bond donors (Lipinski definition) is 0. The van der Waals surface area contributed by atoms with Gasteiger partial charge in [0, 0.05) is 19.0 Å². The standard InChI is InChI=1S/C14H20N4OS/c1-10(2)13-15-9-11-8-12(20-3)16-14(18(11)13)17-4-6-19-7-5-17/h8-10H,4-7H2,1-3H3. The van der Waals surface area contributed by atoms with Crippen molar-refractivity contribution < 1.29 is 4.74 Å². The van der Waals surface area contributed by atoms with E-state index in [9.17, 15) is 0 Å². The van der Waals surface area contributed by atoms with Gasteiger partial charge in [0.1, 0.15) is 10.9 Å². The molecule has 1 saturated heterocycles. The molecular weight excluding hydrogens is 272 g/mol. The molecule has 0 spiro atoms. The average Bonchev–Trinajstić information content (AvgIpc) is 2.91. The lowest BCUT2D eigenvalue weighted by Gasteiger charge is -2.29. The highest BCUT2D eigenvalue weighted by Crippen LogP contribution is 2.26. The van der Waals surface area contributed by atoms with E-state index < -0.39 is 0 Å². The number of morpholine rings is 1. The van der Waals surface area contributed by atoms with Crippen LogP contribution >= 0.6 is 11.8 Å². The number of ether oxygens (including phenoxy) is 1. The number of anilines is 1. The van der Waals surface area contributed by atoms with Crippen LogP contribution in [0.25, 0.3) is 5.52 Å². The van der Waals surface area contributed by atoms with Gasteiger partial charge in [-0.1, -0.05) is 13.8 Å². The number of thioether (sulfide) groups is 1. The number of imidazole rings is 1. The molecule has 6 heteroatoms. The topological polar surface area (TPSA) is 42.7 Å². The van der Waals surface area contributed by atoms with E-state index in [1.165, 1.54) is 0 Å². The molecule has 3 heterocycles. The van der Waals surface area contributed by atoms with Gasteiger partial charge in [-0.2, -0.15) is 0 Å². The van der Waals surface area contributed by atoms with Gasteiger partial charge in [-0.15, -0.1) is 11.8 Å². The van der Waals surface area contributed by atoms with Crippen LogP contribution in [0.4, 0.5) is 5.95 Å². The Morgan fingerprint density at radius 1 is 1.30 bits per heavy atom. The second-order valence-corrected chi connectivity index (χ2v) is 6.06. The van der Waals surface area contributed by atoms with Crippen LogP contribution in [-0.2, 0) is 4.74 Å². The molecule has 0 bridgehead atoms. The molecule has 2 aromatic rings. The molecule has 0 atom stereocenters. The number of fused-ring (bicyclic) bond motifs is 1. The minimum Gasteiger partial charge on any atom is -0.378 e. The summed E-state index contributed by atoms with van der Waals surface area (Å²) in [7, 11) is 0. The van der Waals surface area contributed by atoms with Crippen molar-refractivity contribution in [3.63, 3.8) is 0 Å². The zero-order valence-electron chi connectivity index (χ0n) is 12.2. The van der Waals surface area contributed by atoms with Gasteiger partial charge in [-0.25, -0.2) is 9.97 Å². The second-order valence-electron chi connectivity index (χ2n) is 5.23. The summed E-state index contributed by atoms with van der Waals surface area (Å²) in [6, 6.07) is 2.10. The zero-order valence-corrected chi connectivity index (χ0v) is 13.0. The van der Waals surface area contributed by atoms with E-state index in [2.05, 4.69) is 40.5 Å². The van der Waals surface area contributed by atoms with Crippen molar-refractivity contribution in [1.82, 2.24) is 14.4 Å².